The number of fused-ring (bicyclic) bond motifs is 1. The van der Waals surface area contributed by atoms with Crippen LogP contribution in [0.1, 0.15) is 26.3 Å². The second kappa shape index (κ2) is 9.57. The van der Waals surface area contributed by atoms with E-state index in [0.717, 1.165) is 35.2 Å². The van der Waals surface area contributed by atoms with Crippen LogP contribution in [0.15, 0.2) is 85.1 Å². The highest BCUT2D eigenvalue weighted by molar-refractivity contribution is 5.99. The smallest absolute Gasteiger partial charge is 0.253 e. The molecule has 0 atom stereocenters. The number of benzene rings is 3. The minimum atomic E-state index is 0.0428. The fourth-order valence-corrected chi connectivity index (χ4v) is 5.35. The molecule has 2 amide bonds. The number of carbonyl (C=O) groups excluding carboxylic acids is 2. The fraction of sp³-hybridized carbons (Fsp3) is 0.233. The summed E-state index contributed by atoms with van der Waals surface area (Å²) in [6.45, 7) is 4.49. The molecule has 2 aliphatic rings. The first-order valence-corrected chi connectivity index (χ1v) is 12.6. The number of para-hydroxylation sites is 1. The van der Waals surface area contributed by atoms with Gasteiger partial charge in [-0.2, -0.15) is 5.26 Å². The van der Waals surface area contributed by atoms with Crippen molar-refractivity contribution in [3.63, 3.8) is 0 Å². The van der Waals surface area contributed by atoms with Crippen LogP contribution in [0.25, 0.3) is 16.6 Å². The maximum Gasteiger partial charge on any atom is 0.253 e. The lowest BCUT2D eigenvalue weighted by Crippen LogP contribution is -2.64. The van der Waals surface area contributed by atoms with E-state index in [9.17, 15) is 14.9 Å². The van der Waals surface area contributed by atoms with Crippen LogP contribution in [0.5, 0.6) is 0 Å². The highest BCUT2D eigenvalue weighted by Gasteiger charge is 2.37. The average Bonchev–Trinajstić information content (AvgIpc) is 3.36. The van der Waals surface area contributed by atoms with Crippen molar-refractivity contribution in [2.24, 2.45) is 0 Å². The second-order valence-corrected chi connectivity index (χ2v) is 9.65. The van der Waals surface area contributed by atoms with Gasteiger partial charge in [-0.3, -0.25) is 14.5 Å². The Kier molecular flexibility index (Phi) is 5.95. The molecule has 4 aromatic rings. The standard InChI is InChI=1S/C30H27N5O2/c31-19-25-8-4-5-9-27(25)35-13-12-23-18-24(10-11-28(23)35)30(37)34-20-26(21-34)32-14-16-33(17-15-32)29(36)22-6-2-1-3-7-22/h1-13,18,26H,14-17,20-21H2. The first-order chi connectivity index (χ1) is 18.1. The molecule has 0 saturated carbocycles. The van der Waals surface area contributed by atoms with Crippen molar-refractivity contribution >= 4 is 22.7 Å². The molecular formula is C30H27N5O2. The molecule has 0 bridgehead atoms. The Hall–Kier alpha value is -4.41. The monoisotopic (exact) mass is 489 g/mol. The number of hydrogen-bond acceptors (Lipinski definition) is 4. The van der Waals surface area contributed by atoms with Gasteiger partial charge in [0.05, 0.1) is 16.8 Å². The maximum absolute atomic E-state index is 13.2. The van der Waals surface area contributed by atoms with E-state index in [0.29, 0.717) is 43.3 Å². The predicted octanol–water partition coefficient (Wildman–Crippen LogP) is 3.78. The first-order valence-electron chi connectivity index (χ1n) is 12.6. The van der Waals surface area contributed by atoms with Crippen molar-refractivity contribution in [1.29, 1.82) is 5.26 Å². The molecule has 0 aliphatic carbocycles. The SMILES string of the molecule is N#Cc1ccccc1-n1ccc2cc(C(=O)N3CC(N4CCN(C(=O)c5ccccc5)CC4)C3)ccc21. The highest BCUT2D eigenvalue weighted by atomic mass is 16.2. The predicted molar refractivity (Wildman–Crippen MR) is 142 cm³/mol. The zero-order valence-electron chi connectivity index (χ0n) is 20.5. The van der Waals surface area contributed by atoms with Crippen molar-refractivity contribution in [3.8, 4) is 11.8 Å². The topological polar surface area (TPSA) is 72.6 Å². The van der Waals surface area contributed by atoms with Gasteiger partial charge < -0.3 is 14.4 Å². The van der Waals surface area contributed by atoms with Crippen LogP contribution in [0.2, 0.25) is 0 Å². The van der Waals surface area contributed by atoms with E-state index in [4.69, 9.17) is 0 Å². The highest BCUT2D eigenvalue weighted by Crippen LogP contribution is 2.26. The average molecular weight is 490 g/mol. The number of aromatic nitrogens is 1. The van der Waals surface area contributed by atoms with Gasteiger partial charge in [0.15, 0.2) is 0 Å². The number of likely N-dealkylation sites (tertiary alicyclic amines) is 1. The third kappa shape index (κ3) is 4.26. The molecule has 6 rings (SSSR count). The molecule has 0 N–H and O–H groups in total. The van der Waals surface area contributed by atoms with Gasteiger partial charge >= 0.3 is 0 Å². The lowest BCUT2D eigenvalue weighted by molar-refractivity contribution is 0.00854. The normalized spacial score (nSPS) is 16.4. The maximum atomic E-state index is 13.2. The molecule has 7 heteroatoms. The van der Waals surface area contributed by atoms with Gasteiger partial charge in [0.1, 0.15) is 6.07 Å². The molecule has 0 radical (unpaired) electrons. The molecule has 1 aromatic heterocycles. The quantitative estimate of drug-likeness (QED) is 0.437. The van der Waals surface area contributed by atoms with Crippen LogP contribution in [-0.2, 0) is 0 Å². The van der Waals surface area contributed by atoms with Gasteiger partial charge in [0.25, 0.3) is 11.8 Å². The lowest BCUT2D eigenvalue weighted by atomic mass is 10.0. The van der Waals surface area contributed by atoms with Crippen molar-refractivity contribution in [1.82, 2.24) is 19.3 Å². The van der Waals surface area contributed by atoms with Crippen molar-refractivity contribution in [2.45, 2.75) is 6.04 Å². The van der Waals surface area contributed by atoms with E-state index in [1.165, 1.54) is 0 Å². The van der Waals surface area contributed by atoms with E-state index < -0.39 is 0 Å². The molecule has 2 fully saturated rings. The van der Waals surface area contributed by atoms with Gasteiger partial charge in [-0.15, -0.1) is 0 Å². The number of carbonyl (C=O) groups is 2. The second-order valence-electron chi connectivity index (χ2n) is 9.65. The number of nitriles is 1. The van der Waals surface area contributed by atoms with Crippen molar-refractivity contribution in [3.05, 3.63) is 102 Å². The molecule has 0 unspecified atom stereocenters. The summed E-state index contributed by atoms with van der Waals surface area (Å²) in [5, 5.41) is 10.4. The Morgan fingerprint density at radius 3 is 2.22 bits per heavy atom. The van der Waals surface area contributed by atoms with E-state index in [-0.39, 0.29) is 11.8 Å². The molecule has 3 aromatic carbocycles. The zero-order valence-corrected chi connectivity index (χ0v) is 20.5. The third-order valence-electron chi connectivity index (χ3n) is 7.51. The Balaban J connectivity index is 1.07. The molecule has 37 heavy (non-hydrogen) atoms. The molecule has 7 nitrogen and oxygen atoms in total. The molecular weight excluding hydrogens is 462 g/mol. The van der Waals surface area contributed by atoms with Gasteiger partial charge in [-0.25, -0.2) is 0 Å². The fourth-order valence-electron chi connectivity index (χ4n) is 5.35. The summed E-state index contributed by atoms with van der Waals surface area (Å²) in [5.41, 5.74) is 3.81. The van der Waals surface area contributed by atoms with E-state index in [1.807, 2.05) is 93.4 Å². The van der Waals surface area contributed by atoms with E-state index >= 15 is 0 Å². The minimum Gasteiger partial charge on any atom is -0.336 e. The molecule has 3 heterocycles. The van der Waals surface area contributed by atoms with Crippen molar-refractivity contribution < 1.29 is 9.59 Å². The van der Waals surface area contributed by atoms with Gasteiger partial charge in [0, 0.05) is 68.0 Å². The van der Waals surface area contributed by atoms with Gasteiger partial charge in [-0.1, -0.05) is 30.3 Å². The number of amides is 2. The summed E-state index contributed by atoms with van der Waals surface area (Å²) in [7, 11) is 0. The van der Waals surface area contributed by atoms with Gasteiger partial charge in [0.2, 0.25) is 0 Å². The number of rotatable bonds is 4. The number of hydrogen-bond donors (Lipinski definition) is 0. The van der Waals surface area contributed by atoms with Crippen LogP contribution in [0, 0.1) is 11.3 Å². The van der Waals surface area contributed by atoms with Crippen LogP contribution in [0.4, 0.5) is 0 Å². The van der Waals surface area contributed by atoms with Crippen molar-refractivity contribution in [2.75, 3.05) is 39.3 Å². The van der Waals surface area contributed by atoms with E-state index in [2.05, 4.69) is 11.0 Å². The largest absolute Gasteiger partial charge is 0.336 e. The minimum absolute atomic E-state index is 0.0428. The van der Waals surface area contributed by atoms with E-state index in [1.54, 1.807) is 6.07 Å². The number of piperazine rings is 1. The van der Waals surface area contributed by atoms with Crippen LogP contribution in [0.3, 0.4) is 0 Å². The number of nitrogens with zero attached hydrogens (tertiary/aromatic N) is 5. The zero-order chi connectivity index (χ0) is 25.4. The lowest BCUT2D eigenvalue weighted by Gasteiger charge is -2.48. The van der Waals surface area contributed by atoms with Gasteiger partial charge in [-0.05, 0) is 48.5 Å². The summed E-state index contributed by atoms with van der Waals surface area (Å²) in [6, 6.07) is 27.3. The Morgan fingerprint density at radius 2 is 1.46 bits per heavy atom. The summed E-state index contributed by atoms with van der Waals surface area (Å²) in [5.74, 6) is 0.132. The van der Waals surface area contributed by atoms with Crippen LogP contribution >= 0.6 is 0 Å². The summed E-state index contributed by atoms with van der Waals surface area (Å²) in [4.78, 5) is 32.1. The Morgan fingerprint density at radius 1 is 0.757 bits per heavy atom. The molecule has 2 aliphatic heterocycles. The Labute approximate surface area is 215 Å². The first kappa shape index (κ1) is 23.0. The summed E-state index contributed by atoms with van der Waals surface area (Å²) in [6.07, 6.45) is 1.94. The Bertz CT molecular complexity index is 1510. The molecule has 184 valence electrons. The third-order valence-corrected chi connectivity index (χ3v) is 7.51. The summed E-state index contributed by atoms with van der Waals surface area (Å²) < 4.78 is 1.99. The van der Waals surface area contributed by atoms with Crippen LogP contribution < -0.4 is 0 Å². The molecule has 0 spiro atoms. The summed E-state index contributed by atoms with van der Waals surface area (Å²) >= 11 is 0. The van der Waals surface area contributed by atoms with Crippen LogP contribution in [-0.4, -0.2) is 76.4 Å². The molecule has 2 saturated heterocycles.